The maximum Gasteiger partial charge on any atom is 0.137 e. The van der Waals surface area contributed by atoms with Crippen LogP contribution in [0.5, 0.6) is 0 Å². The molecule has 96 valence electrons. The standard InChI is InChI=1S/C16H19ClO/c17-16-4-2-1-3-13(16)9-15(18)10-14-8-11-5-6-12(14)7-11/h1-4,11-12,14H,5-10H2. The lowest BCUT2D eigenvalue weighted by molar-refractivity contribution is -0.119. The first kappa shape index (κ1) is 12.2. The van der Waals surface area contributed by atoms with Crippen LogP contribution in [0.25, 0.3) is 0 Å². The summed E-state index contributed by atoms with van der Waals surface area (Å²) in [5.41, 5.74) is 0.979. The van der Waals surface area contributed by atoms with Crippen molar-refractivity contribution in [3.8, 4) is 0 Å². The average Bonchev–Trinajstić information content (AvgIpc) is 2.94. The second-order valence-electron chi connectivity index (χ2n) is 5.95. The lowest BCUT2D eigenvalue weighted by Crippen LogP contribution is -2.16. The van der Waals surface area contributed by atoms with Crippen molar-refractivity contribution in [2.24, 2.45) is 17.8 Å². The highest BCUT2D eigenvalue weighted by Gasteiger charge is 2.39. The van der Waals surface area contributed by atoms with Crippen molar-refractivity contribution in [2.45, 2.75) is 38.5 Å². The average molecular weight is 263 g/mol. The Morgan fingerprint density at radius 1 is 1.22 bits per heavy atom. The Hall–Kier alpha value is -0.820. The van der Waals surface area contributed by atoms with Crippen LogP contribution >= 0.6 is 11.6 Å². The zero-order valence-electron chi connectivity index (χ0n) is 10.6. The number of rotatable bonds is 4. The highest BCUT2D eigenvalue weighted by atomic mass is 35.5. The number of carbonyl (C=O) groups is 1. The van der Waals surface area contributed by atoms with Crippen molar-refractivity contribution in [3.05, 3.63) is 34.9 Å². The molecule has 2 aliphatic carbocycles. The largest absolute Gasteiger partial charge is 0.299 e. The van der Waals surface area contributed by atoms with E-state index >= 15 is 0 Å². The fraction of sp³-hybridized carbons (Fsp3) is 0.562. The molecule has 2 heteroatoms. The number of halogens is 1. The molecule has 2 fully saturated rings. The van der Waals surface area contributed by atoms with E-state index in [0.29, 0.717) is 18.1 Å². The van der Waals surface area contributed by atoms with E-state index in [-0.39, 0.29) is 0 Å². The van der Waals surface area contributed by atoms with Gasteiger partial charge in [-0.2, -0.15) is 0 Å². The molecule has 1 nitrogen and oxygen atoms in total. The van der Waals surface area contributed by atoms with Gasteiger partial charge < -0.3 is 0 Å². The molecule has 3 atom stereocenters. The molecule has 2 saturated carbocycles. The third-order valence-electron chi connectivity index (χ3n) is 4.72. The Morgan fingerprint density at radius 3 is 2.72 bits per heavy atom. The van der Waals surface area contributed by atoms with E-state index in [1.165, 1.54) is 25.7 Å². The van der Waals surface area contributed by atoms with Gasteiger partial charge in [-0.25, -0.2) is 0 Å². The number of benzene rings is 1. The highest BCUT2D eigenvalue weighted by Crippen LogP contribution is 2.49. The van der Waals surface area contributed by atoms with E-state index in [4.69, 9.17) is 11.6 Å². The van der Waals surface area contributed by atoms with Crippen molar-refractivity contribution in [1.82, 2.24) is 0 Å². The summed E-state index contributed by atoms with van der Waals surface area (Å²) in [5.74, 6) is 2.79. The Kier molecular flexibility index (Phi) is 3.43. The molecular formula is C16H19ClO. The minimum atomic E-state index is 0.362. The van der Waals surface area contributed by atoms with E-state index in [0.717, 1.165) is 28.8 Å². The van der Waals surface area contributed by atoms with Crippen molar-refractivity contribution in [3.63, 3.8) is 0 Å². The van der Waals surface area contributed by atoms with Crippen LogP contribution in [0, 0.1) is 17.8 Å². The molecule has 0 aliphatic heterocycles. The van der Waals surface area contributed by atoms with Crippen LogP contribution in [0.1, 0.15) is 37.7 Å². The predicted molar refractivity (Wildman–Crippen MR) is 73.7 cm³/mol. The predicted octanol–water partition coefficient (Wildman–Crippen LogP) is 4.28. The van der Waals surface area contributed by atoms with Crippen LogP contribution in [-0.4, -0.2) is 5.78 Å². The van der Waals surface area contributed by atoms with Gasteiger partial charge in [-0.3, -0.25) is 4.79 Å². The van der Waals surface area contributed by atoms with Gasteiger partial charge in [-0.1, -0.05) is 36.2 Å². The number of ketones is 1. The minimum Gasteiger partial charge on any atom is -0.299 e. The van der Waals surface area contributed by atoms with Crippen LogP contribution in [0.4, 0.5) is 0 Å². The summed E-state index contributed by atoms with van der Waals surface area (Å²) in [4.78, 5) is 12.1. The molecule has 1 aromatic carbocycles. The molecule has 3 unspecified atom stereocenters. The number of hydrogen-bond acceptors (Lipinski definition) is 1. The van der Waals surface area contributed by atoms with Gasteiger partial charge in [-0.05, 0) is 48.6 Å². The van der Waals surface area contributed by atoms with E-state index in [1.54, 1.807) is 0 Å². The zero-order chi connectivity index (χ0) is 12.5. The second kappa shape index (κ2) is 5.05. The smallest absolute Gasteiger partial charge is 0.137 e. The van der Waals surface area contributed by atoms with E-state index < -0.39 is 0 Å². The molecule has 0 saturated heterocycles. The summed E-state index contributed by atoms with van der Waals surface area (Å²) < 4.78 is 0. The topological polar surface area (TPSA) is 17.1 Å². The summed E-state index contributed by atoms with van der Waals surface area (Å²) in [6.07, 6.45) is 6.71. The van der Waals surface area contributed by atoms with Gasteiger partial charge in [0.25, 0.3) is 0 Å². The van der Waals surface area contributed by atoms with Crippen LogP contribution in [-0.2, 0) is 11.2 Å². The fourth-order valence-corrected chi connectivity index (χ4v) is 4.05. The Balaban J connectivity index is 1.58. The van der Waals surface area contributed by atoms with Crippen molar-refractivity contribution in [2.75, 3.05) is 0 Å². The molecule has 0 radical (unpaired) electrons. The summed E-state index contributed by atoms with van der Waals surface area (Å²) in [6, 6.07) is 7.68. The van der Waals surface area contributed by atoms with Crippen LogP contribution in [0.15, 0.2) is 24.3 Å². The minimum absolute atomic E-state index is 0.362. The molecule has 0 amide bonds. The van der Waals surface area contributed by atoms with Gasteiger partial charge in [0.1, 0.15) is 5.78 Å². The summed E-state index contributed by atoms with van der Waals surface area (Å²) in [5, 5.41) is 0.721. The normalized spacial score (nSPS) is 29.7. The lowest BCUT2D eigenvalue weighted by atomic mass is 9.84. The maximum absolute atomic E-state index is 12.1. The van der Waals surface area contributed by atoms with Gasteiger partial charge in [0.2, 0.25) is 0 Å². The lowest BCUT2D eigenvalue weighted by Gasteiger charge is -2.20. The molecule has 0 aromatic heterocycles. The highest BCUT2D eigenvalue weighted by molar-refractivity contribution is 6.31. The van der Waals surface area contributed by atoms with Crippen molar-refractivity contribution < 1.29 is 4.79 Å². The zero-order valence-corrected chi connectivity index (χ0v) is 11.3. The van der Waals surface area contributed by atoms with Gasteiger partial charge in [0.15, 0.2) is 0 Å². The molecule has 0 N–H and O–H groups in total. The quantitative estimate of drug-likeness (QED) is 0.792. The van der Waals surface area contributed by atoms with Gasteiger partial charge >= 0.3 is 0 Å². The molecule has 2 bridgehead atoms. The monoisotopic (exact) mass is 262 g/mol. The summed E-state index contributed by atoms with van der Waals surface area (Å²) in [6.45, 7) is 0. The van der Waals surface area contributed by atoms with Crippen LogP contribution in [0.2, 0.25) is 5.02 Å². The first-order chi connectivity index (χ1) is 8.72. The third kappa shape index (κ3) is 2.47. The summed E-state index contributed by atoms with van der Waals surface area (Å²) in [7, 11) is 0. The molecule has 1 aromatic rings. The second-order valence-corrected chi connectivity index (χ2v) is 6.35. The molecule has 0 spiro atoms. The molecule has 3 rings (SSSR count). The number of fused-ring (bicyclic) bond motifs is 2. The molecule has 18 heavy (non-hydrogen) atoms. The van der Waals surface area contributed by atoms with E-state index in [2.05, 4.69) is 0 Å². The first-order valence-corrected chi connectivity index (χ1v) is 7.35. The van der Waals surface area contributed by atoms with Gasteiger partial charge in [-0.15, -0.1) is 0 Å². The summed E-state index contributed by atoms with van der Waals surface area (Å²) >= 11 is 6.10. The Bertz CT molecular complexity index is 454. The third-order valence-corrected chi connectivity index (χ3v) is 5.09. The van der Waals surface area contributed by atoms with Gasteiger partial charge in [0, 0.05) is 17.9 Å². The van der Waals surface area contributed by atoms with Gasteiger partial charge in [0.05, 0.1) is 0 Å². The first-order valence-electron chi connectivity index (χ1n) is 6.97. The Labute approximate surface area is 114 Å². The molecule has 0 heterocycles. The molecular weight excluding hydrogens is 244 g/mol. The Morgan fingerprint density at radius 2 is 2.06 bits per heavy atom. The number of Topliss-reactive ketones (excluding diaryl/α,β-unsaturated/α-hetero) is 1. The van der Waals surface area contributed by atoms with Crippen LogP contribution in [0.3, 0.4) is 0 Å². The fourth-order valence-electron chi connectivity index (χ4n) is 3.85. The van der Waals surface area contributed by atoms with Crippen molar-refractivity contribution in [1.29, 1.82) is 0 Å². The van der Waals surface area contributed by atoms with E-state index in [9.17, 15) is 4.79 Å². The molecule has 2 aliphatic rings. The number of carbonyl (C=O) groups excluding carboxylic acids is 1. The maximum atomic E-state index is 12.1. The van der Waals surface area contributed by atoms with E-state index in [1.807, 2.05) is 24.3 Å². The SMILES string of the molecule is O=C(Cc1ccccc1Cl)CC1CC2CCC1C2. The number of hydrogen-bond donors (Lipinski definition) is 0. The van der Waals surface area contributed by atoms with Crippen molar-refractivity contribution >= 4 is 17.4 Å². The van der Waals surface area contributed by atoms with Crippen LogP contribution < -0.4 is 0 Å².